The van der Waals surface area contributed by atoms with E-state index in [1.54, 1.807) is 12.1 Å². The number of nitro benzene ring substituents is 1. The Balaban J connectivity index is 1.57. The van der Waals surface area contributed by atoms with E-state index in [-0.39, 0.29) is 29.1 Å². The van der Waals surface area contributed by atoms with Crippen molar-refractivity contribution in [3.8, 4) is 5.75 Å². The molecule has 0 radical (unpaired) electrons. The van der Waals surface area contributed by atoms with Crippen LogP contribution in [0.4, 0.5) is 17.1 Å². The van der Waals surface area contributed by atoms with E-state index >= 15 is 0 Å². The van der Waals surface area contributed by atoms with Crippen LogP contribution in [0.5, 0.6) is 5.75 Å². The maximum Gasteiger partial charge on any atom is 0.271 e. The van der Waals surface area contributed by atoms with Gasteiger partial charge in [0.1, 0.15) is 17.0 Å². The summed E-state index contributed by atoms with van der Waals surface area (Å²) in [6.07, 6.45) is 1.43. The van der Waals surface area contributed by atoms with Crippen LogP contribution in [-0.4, -0.2) is 47.2 Å². The molecule has 4 heterocycles. The van der Waals surface area contributed by atoms with Gasteiger partial charge in [0.05, 0.1) is 23.9 Å². The van der Waals surface area contributed by atoms with Crippen LogP contribution in [0.1, 0.15) is 24.0 Å². The van der Waals surface area contributed by atoms with Crippen LogP contribution in [-0.2, 0) is 19.9 Å². The molecule has 2 aromatic rings. The van der Waals surface area contributed by atoms with E-state index < -0.39 is 34.1 Å². The van der Waals surface area contributed by atoms with Crippen molar-refractivity contribution in [3.63, 3.8) is 0 Å². The Morgan fingerprint density at radius 1 is 1.20 bits per heavy atom. The average molecular weight is 497 g/mol. The molecule has 35 heavy (non-hydrogen) atoms. The zero-order chi connectivity index (χ0) is 24.8. The third-order valence-electron chi connectivity index (χ3n) is 7.88. The quantitative estimate of drug-likeness (QED) is 0.393. The highest BCUT2D eigenvalue weighted by Crippen LogP contribution is 2.61. The molecule has 4 atom stereocenters. The number of halogens is 1. The van der Waals surface area contributed by atoms with Crippen LogP contribution in [0.25, 0.3) is 0 Å². The Labute approximate surface area is 204 Å². The molecule has 11 heteroatoms. The van der Waals surface area contributed by atoms with E-state index in [0.29, 0.717) is 29.2 Å². The lowest BCUT2D eigenvalue weighted by Crippen LogP contribution is -2.54. The molecule has 1 N–H and O–H groups in total. The van der Waals surface area contributed by atoms with Crippen molar-refractivity contribution in [1.82, 2.24) is 4.90 Å². The highest BCUT2D eigenvalue weighted by Gasteiger charge is 2.75. The van der Waals surface area contributed by atoms with Crippen LogP contribution >= 0.6 is 11.6 Å². The van der Waals surface area contributed by atoms with E-state index in [9.17, 15) is 24.5 Å². The minimum absolute atomic E-state index is 0.00620. The first-order valence-electron chi connectivity index (χ1n) is 11.3. The van der Waals surface area contributed by atoms with Crippen molar-refractivity contribution in [3.05, 3.63) is 56.6 Å². The Kier molecular flexibility index (Phi) is 4.56. The monoisotopic (exact) mass is 496 g/mol. The number of non-ortho nitro benzene ring substituents is 1. The van der Waals surface area contributed by atoms with Crippen molar-refractivity contribution in [1.29, 1.82) is 0 Å². The summed E-state index contributed by atoms with van der Waals surface area (Å²) in [5.74, 6) is -3.02. The second-order valence-corrected chi connectivity index (χ2v) is 9.83. The molecular weight excluding hydrogens is 476 g/mol. The SMILES string of the molecule is COc1ccc([N+](=O)[O-])cc1N1C(=O)[C@@H]2[C@H]3CCCN3[C@]3(C(=O)Nc4c(C)cc(Cl)cc43)[C@@H]2C1=O. The van der Waals surface area contributed by atoms with Crippen LogP contribution in [0.15, 0.2) is 30.3 Å². The van der Waals surface area contributed by atoms with Crippen LogP contribution in [0.2, 0.25) is 5.02 Å². The van der Waals surface area contributed by atoms with Gasteiger partial charge in [-0.3, -0.25) is 29.4 Å². The molecule has 3 fully saturated rings. The number of nitro groups is 1. The van der Waals surface area contributed by atoms with Gasteiger partial charge in [-0.05, 0) is 50.1 Å². The molecule has 10 nitrogen and oxygen atoms in total. The number of aryl methyl sites for hydroxylation is 1. The maximum absolute atomic E-state index is 14.1. The minimum atomic E-state index is -1.38. The van der Waals surface area contributed by atoms with Crippen molar-refractivity contribution in [2.24, 2.45) is 11.8 Å². The predicted molar refractivity (Wildman–Crippen MR) is 125 cm³/mol. The summed E-state index contributed by atoms with van der Waals surface area (Å²) in [5.41, 5.74) is 0.324. The standard InChI is InChI=1S/C24H21ClN4O6/c1-11-8-12(25)9-14-20(11)26-23(32)24(14)19-18(15-4-3-7-27(15)24)21(30)28(22(19)31)16-10-13(29(33)34)5-6-17(16)35-2/h5-6,8-10,15,18-19H,3-4,7H2,1-2H3,(H,26,32)/t15-,18-,19+,24+/m1/s1. The predicted octanol–water partition coefficient (Wildman–Crippen LogP) is 3.00. The second-order valence-electron chi connectivity index (χ2n) is 9.40. The maximum atomic E-state index is 14.1. The molecule has 0 saturated carbocycles. The highest BCUT2D eigenvalue weighted by molar-refractivity contribution is 6.31. The number of fused-ring (bicyclic) bond motifs is 7. The molecule has 4 aliphatic rings. The first kappa shape index (κ1) is 22.0. The lowest BCUT2D eigenvalue weighted by atomic mass is 9.75. The Morgan fingerprint density at radius 2 is 1.97 bits per heavy atom. The molecule has 2 aromatic carbocycles. The molecule has 0 aliphatic carbocycles. The normalized spacial score (nSPS) is 28.9. The van der Waals surface area contributed by atoms with Gasteiger partial charge in [0, 0.05) is 34.4 Å². The largest absolute Gasteiger partial charge is 0.495 e. The third-order valence-corrected chi connectivity index (χ3v) is 8.10. The lowest BCUT2D eigenvalue weighted by Gasteiger charge is -2.36. The summed E-state index contributed by atoms with van der Waals surface area (Å²) in [5, 5.41) is 14.8. The first-order valence-corrected chi connectivity index (χ1v) is 11.7. The van der Waals surface area contributed by atoms with Gasteiger partial charge < -0.3 is 10.1 Å². The van der Waals surface area contributed by atoms with Crippen molar-refractivity contribution in [2.75, 3.05) is 23.9 Å². The third kappa shape index (κ3) is 2.61. The molecule has 3 amide bonds. The highest BCUT2D eigenvalue weighted by atomic mass is 35.5. The van der Waals surface area contributed by atoms with E-state index in [0.717, 1.165) is 16.9 Å². The topological polar surface area (TPSA) is 122 Å². The summed E-state index contributed by atoms with van der Waals surface area (Å²) in [4.78, 5) is 55.6. The number of carbonyl (C=O) groups excluding carboxylic acids is 3. The molecule has 0 aromatic heterocycles. The number of benzene rings is 2. The van der Waals surface area contributed by atoms with Gasteiger partial charge in [0.15, 0.2) is 0 Å². The molecule has 1 spiro atoms. The number of nitrogens with one attached hydrogen (secondary N) is 1. The second kappa shape index (κ2) is 7.25. The Bertz CT molecular complexity index is 1360. The van der Waals surface area contributed by atoms with Gasteiger partial charge in [0.2, 0.25) is 17.7 Å². The van der Waals surface area contributed by atoms with Crippen LogP contribution in [0, 0.1) is 28.9 Å². The zero-order valence-electron chi connectivity index (χ0n) is 18.9. The molecule has 180 valence electrons. The van der Waals surface area contributed by atoms with Crippen molar-refractivity contribution in [2.45, 2.75) is 31.3 Å². The fourth-order valence-electron chi connectivity index (χ4n) is 6.64. The number of anilines is 2. The molecular formula is C24H21ClN4O6. The van der Waals surface area contributed by atoms with Crippen molar-refractivity contribution >= 4 is 46.4 Å². The first-order chi connectivity index (χ1) is 16.7. The molecule has 6 rings (SSSR count). The van der Waals surface area contributed by atoms with Gasteiger partial charge in [0.25, 0.3) is 5.69 Å². The molecule has 3 saturated heterocycles. The number of imide groups is 1. The van der Waals surface area contributed by atoms with E-state index in [1.807, 2.05) is 11.8 Å². The van der Waals surface area contributed by atoms with Gasteiger partial charge in [-0.1, -0.05) is 11.6 Å². The summed E-state index contributed by atoms with van der Waals surface area (Å²) in [7, 11) is 1.36. The van der Waals surface area contributed by atoms with Gasteiger partial charge in [-0.2, -0.15) is 0 Å². The van der Waals surface area contributed by atoms with E-state index in [2.05, 4.69) is 5.32 Å². The number of nitrogens with zero attached hydrogens (tertiary/aromatic N) is 3. The zero-order valence-corrected chi connectivity index (χ0v) is 19.7. The number of methoxy groups -OCH3 is 1. The van der Waals surface area contributed by atoms with Crippen LogP contribution in [0.3, 0.4) is 0 Å². The smallest absolute Gasteiger partial charge is 0.271 e. The fourth-order valence-corrected chi connectivity index (χ4v) is 6.91. The number of carbonyl (C=O) groups is 3. The fraction of sp³-hybridized carbons (Fsp3) is 0.375. The lowest BCUT2D eigenvalue weighted by molar-refractivity contribution is -0.384. The minimum Gasteiger partial charge on any atom is -0.495 e. The van der Waals surface area contributed by atoms with Crippen LogP contribution < -0.4 is 15.0 Å². The number of amides is 3. The van der Waals surface area contributed by atoms with E-state index in [1.165, 1.54) is 25.3 Å². The molecule has 0 bridgehead atoms. The van der Waals surface area contributed by atoms with Gasteiger partial charge >= 0.3 is 0 Å². The summed E-state index contributed by atoms with van der Waals surface area (Å²) < 4.78 is 5.35. The number of rotatable bonds is 3. The number of hydrogen-bond acceptors (Lipinski definition) is 7. The van der Waals surface area contributed by atoms with E-state index in [4.69, 9.17) is 16.3 Å². The number of ether oxygens (including phenoxy) is 1. The summed E-state index contributed by atoms with van der Waals surface area (Å²) in [6.45, 7) is 2.40. The Morgan fingerprint density at radius 3 is 2.69 bits per heavy atom. The van der Waals surface area contributed by atoms with Gasteiger partial charge in [-0.25, -0.2) is 4.90 Å². The Hall–Kier alpha value is -3.50. The molecule has 4 aliphatic heterocycles. The average Bonchev–Trinajstić information content (AvgIpc) is 3.52. The van der Waals surface area contributed by atoms with Gasteiger partial charge in [-0.15, -0.1) is 0 Å². The number of hydrogen-bond donors (Lipinski definition) is 1. The molecule has 0 unspecified atom stereocenters. The summed E-state index contributed by atoms with van der Waals surface area (Å²) in [6, 6.07) is 6.91. The van der Waals surface area contributed by atoms with Crippen molar-refractivity contribution < 1.29 is 24.0 Å². The summed E-state index contributed by atoms with van der Waals surface area (Å²) >= 11 is 6.40.